The number of thiazole rings is 1. The number of imidazole rings is 1. The number of ether oxygens (including phenoxy) is 2. The van der Waals surface area contributed by atoms with Crippen molar-refractivity contribution in [3.8, 4) is 0 Å². The molecule has 0 aliphatic carbocycles. The van der Waals surface area contributed by atoms with Gasteiger partial charge in [-0.2, -0.15) is 0 Å². The molecule has 0 N–H and O–H groups in total. The van der Waals surface area contributed by atoms with E-state index in [2.05, 4.69) is 32.8 Å². The molecule has 0 aromatic carbocycles. The number of fused-ring (bicyclic) bond motifs is 1. The third kappa shape index (κ3) is 2.71. The molecular formula is C17H25N3O2S. The molecule has 0 saturated carbocycles. The van der Waals surface area contributed by atoms with Crippen molar-refractivity contribution in [3.63, 3.8) is 0 Å². The Morgan fingerprint density at radius 2 is 2.26 bits per heavy atom. The molecule has 4 rings (SSSR count). The third-order valence-corrected chi connectivity index (χ3v) is 6.27. The monoisotopic (exact) mass is 335 g/mol. The molecule has 2 saturated heterocycles. The van der Waals surface area contributed by atoms with Gasteiger partial charge >= 0.3 is 0 Å². The van der Waals surface area contributed by atoms with Crippen LogP contribution in [-0.2, 0) is 16.0 Å². The zero-order valence-corrected chi connectivity index (χ0v) is 14.8. The van der Waals surface area contributed by atoms with Gasteiger partial charge in [-0.15, -0.1) is 11.3 Å². The Bertz CT molecular complexity index is 672. The first kappa shape index (κ1) is 15.6. The first-order valence-corrected chi connectivity index (χ1v) is 9.40. The second kappa shape index (κ2) is 6.16. The Kier molecular flexibility index (Phi) is 4.17. The van der Waals surface area contributed by atoms with E-state index >= 15 is 0 Å². The van der Waals surface area contributed by atoms with E-state index in [1.807, 2.05) is 7.11 Å². The van der Waals surface area contributed by atoms with Gasteiger partial charge in [-0.25, -0.2) is 4.98 Å². The van der Waals surface area contributed by atoms with E-state index in [9.17, 15) is 0 Å². The fourth-order valence-electron chi connectivity index (χ4n) is 4.13. The van der Waals surface area contributed by atoms with Crippen LogP contribution in [0.25, 0.3) is 4.96 Å². The number of likely N-dealkylation sites (tertiary alicyclic amines) is 1. The van der Waals surface area contributed by atoms with E-state index in [1.54, 1.807) is 11.3 Å². The second-order valence-corrected chi connectivity index (χ2v) is 7.63. The molecule has 126 valence electrons. The minimum absolute atomic E-state index is 0.0480. The van der Waals surface area contributed by atoms with Gasteiger partial charge in [0, 0.05) is 44.9 Å². The fraction of sp³-hybridized carbons (Fsp3) is 0.706. The van der Waals surface area contributed by atoms with Crippen LogP contribution in [0.4, 0.5) is 0 Å². The standard InChI is InChI=1S/C17H25N3O2S/c1-13-14(20-9-11-23-16(20)18-13)12-19-7-5-17(6-8-19)15(21-2)4-3-10-22-17/h9,11,15H,3-8,10,12H2,1-2H3/t15-/m1/s1. The topological polar surface area (TPSA) is 39.0 Å². The van der Waals surface area contributed by atoms with Gasteiger partial charge in [-0.3, -0.25) is 9.30 Å². The molecule has 1 atom stereocenters. The molecule has 1 spiro atoms. The van der Waals surface area contributed by atoms with Crippen molar-refractivity contribution in [1.29, 1.82) is 0 Å². The van der Waals surface area contributed by atoms with E-state index < -0.39 is 0 Å². The van der Waals surface area contributed by atoms with Gasteiger partial charge in [0.2, 0.25) is 0 Å². The van der Waals surface area contributed by atoms with E-state index in [0.29, 0.717) is 0 Å². The Hall–Kier alpha value is -0.950. The molecule has 0 amide bonds. The van der Waals surface area contributed by atoms with Crippen molar-refractivity contribution in [2.24, 2.45) is 0 Å². The van der Waals surface area contributed by atoms with Crippen molar-refractivity contribution in [3.05, 3.63) is 23.0 Å². The lowest BCUT2D eigenvalue weighted by Crippen LogP contribution is -2.55. The molecule has 2 fully saturated rings. The van der Waals surface area contributed by atoms with E-state index in [0.717, 1.165) is 62.6 Å². The lowest BCUT2D eigenvalue weighted by Gasteiger charge is -2.48. The summed E-state index contributed by atoms with van der Waals surface area (Å²) in [6.07, 6.45) is 6.78. The van der Waals surface area contributed by atoms with Gasteiger partial charge in [0.15, 0.2) is 4.96 Å². The summed E-state index contributed by atoms with van der Waals surface area (Å²) in [5.41, 5.74) is 2.43. The minimum atomic E-state index is -0.0480. The highest BCUT2D eigenvalue weighted by Gasteiger charge is 2.44. The molecule has 2 aliphatic heterocycles. The van der Waals surface area contributed by atoms with Crippen LogP contribution < -0.4 is 0 Å². The highest BCUT2D eigenvalue weighted by Crippen LogP contribution is 2.37. The Labute approximate surface area is 141 Å². The Balaban J connectivity index is 1.45. The van der Waals surface area contributed by atoms with Crippen molar-refractivity contribution in [2.75, 3.05) is 26.8 Å². The van der Waals surface area contributed by atoms with Crippen LogP contribution in [0.2, 0.25) is 0 Å². The third-order valence-electron chi connectivity index (χ3n) is 5.51. The molecule has 2 aromatic rings. The van der Waals surface area contributed by atoms with Gasteiger partial charge in [-0.05, 0) is 32.6 Å². The number of aryl methyl sites for hydroxylation is 1. The van der Waals surface area contributed by atoms with Crippen molar-refractivity contribution in [2.45, 2.75) is 50.9 Å². The molecule has 6 heteroatoms. The predicted octanol–water partition coefficient (Wildman–Crippen LogP) is 2.86. The van der Waals surface area contributed by atoms with Gasteiger partial charge < -0.3 is 9.47 Å². The smallest absolute Gasteiger partial charge is 0.194 e. The molecular weight excluding hydrogens is 310 g/mol. The van der Waals surface area contributed by atoms with Crippen molar-refractivity contribution in [1.82, 2.24) is 14.3 Å². The summed E-state index contributed by atoms with van der Waals surface area (Å²) < 4.78 is 14.2. The molecule has 5 nitrogen and oxygen atoms in total. The first-order valence-electron chi connectivity index (χ1n) is 8.52. The van der Waals surface area contributed by atoms with Gasteiger partial charge in [0.1, 0.15) is 0 Å². The summed E-state index contributed by atoms with van der Waals surface area (Å²) >= 11 is 1.70. The number of aromatic nitrogens is 2. The average Bonchev–Trinajstić information content (AvgIpc) is 3.13. The molecule has 4 heterocycles. The van der Waals surface area contributed by atoms with E-state index in [-0.39, 0.29) is 11.7 Å². The SMILES string of the molecule is CO[C@@H]1CCCOC12CCN(Cc1c(C)nc3sccn13)CC2. The first-order chi connectivity index (χ1) is 11.2. The van der Waals surface area contributed by atoms with Crippen molar-refractivity contribution >= 4 is 16.3 Å². The van der Waals surface area contributed by atoms with Crippen LogP contribution >= 0.6 is 11.3 Å². The van der Waals surface area contributed by atoms with Crippen LogP contribution in [0.3, 0.4) is 0 Å². The van der Waals surface area contributed by atoms with Crippen LogP contribution in [0, 0.1) is 6.92 Å². The maximum absolute atomic E-state index is 6.21. The summed E-state index contributed by atoms with van der Waals surface area (Å²) in [7, 11) is 1.83. The zero-order chi connectivity index (χ0) is 15.9. The average molecular weight is 335 g/mol. The highest BCUT2D eigenvalue weighted by molar-refractivity contribution is 7.15. The predicted molar refractivity (Wildman–Crippen MR) is 91.0 cm³/mol. The zero-order valence-electron chi connectivity index (χ0n) is 14.0. The Morgan fingerprint density at radius 1 is 1.43 bits per heavy atom. The largest absolute Gasteiger partial charge is 0.378 e. The Morgan fingerprint density at radius 3 is 3.04 bits per heavy atom. The second-order valence-electron chi connectivity index (χ2n) is 6.76. The molecule has 2 aromatic heterocycles. The van der Waals surface area contributed by atoms with Crippen LogP contribution in [0.15, 0.2) is 11.6 Å². The molecule has 0 unspecified atom stereocenters. The maximum atomic E-state index is 6.21. The number of nitrogens with zero attached hydrogens (tertiary/aromatic N) is 3. The number of hydrogen-bond donors (Lipinski definition) is 0. The summed E-state index contributed by atoms with van der Waals surface area (Å²) in [6, 6.07) is 0. The summed E-state index contributed by atoms with van der Waals surface area (Å²) in [6.45, 7) is 6.10. The summed E-state index contributed by atoms with van der Waals surface area (Å²) in [5.74, 6) is 0. The minimum Gasteiger partial charge on any atom is -0.378 e. The highest BCUT2D eigenvalue weighted by atomic mass is 32.1. The summed E-state index contributed by atoms with van der Waals surface area (Å²) in [4.78, 5) is 8.29. The molecule has 0 radical (unpaired) electrons. The normalized spacial score (nSPS) is 25.4. The number of hydrogen-bond acceptors (Lipinski definition) is 5. The lowest BCUT2D eigenvalue weighted by atomic mass is 9.82. The van der Waals surface area contributed by atoms with Gasteiger partial charge in [0.25, 0.3) is 0 Å². The number of piperidine rings is 1. The van der Waals surface area contributed by atoms with Crippen LogP contribution in [-0.4, -0.2) is 52.8 Å². The lowest BCUT2D eigenvalue weighted by molar-refractivity contribution is -0.186. The quantitative estimate of drug-likeness (QED) is 0.865. The van der Waals surface area contributed by atoms with E-state index in [1.165, 1.54) is 5.69 Å². The van der Waals surface area contributed by atoms with Crippen molar-refractivity contribution < 1.29 is 9.47 Å². The van der Waals surface area contributed by atoms with E-state index in [4.69, 9.17) is 9.47 Å². The molecule has 2 aliphatic rings. The molecule has 0 bridgehead atoms. The van der Waals surface area contributed by atoms with Gasteiger partial charge in [0.05, 0.1) is 23.1 Å². The summed E-state index contributed by atoms with van der Waals surface area (Å²) in [5, 5.41) is 2.11. The van der Waals surface area contributed by atoms with Gasteiger partial charge in [-0.1, -0.05) is 0 Å². The van der Waals surface area contributed by atoms with Crippen LogP contribution in [0.5, 0.6) is 0 Å². The molecule has 23 heavy (non-hydrogen) atoms. The maximum Gasteiger partial charge on any atom is 0.194 e. The van der Waals surface area contributed by atoms with Crippen LogP contribution in [0.1, 0.15) is 37.1 Å². The fourth-order valence-corrected chi connectivity index (χ4v) is 4.91. The number of methoxy groups -OCH3 is 1. The number of rotatable bonds is 3.